The molecule has 4 atom stereocenters. The van der Waals surface area contributed by atoms with Crippen molar-refractivity contribution in [1.82, 2.24) is 0 Å². The SMILES string of the molecule is COC(=O)C1=C(C(=O)OC)[C@@H]2O[C@H]1C1(C(=O)OC)[C@@H]3O[C@@H](C(C(=O)OC)=C3C(=O)OC)C21C(=O)OC. The third-order valence-corrected chi connectivity index (χ3v) is 7.18. The van der Waals surface area contributed by atoms with Crippen molar-refractivity contribution in [3.8, 4) is 0 Å². The lowest BCUT2D eigenvalue weighted by atomic mass is 9.48. The number of hydrogen-bond donors (Lipinski definition) is 0. The summed E-state index contributed by atoms with van der Waals surface area (Å²) in [5.74, 6) is -6.53. The van der Waals surface area contributed by atoms with Crippen LogP contribution >= 0.6 is 0 Å². The minimum atomic E-state index is -2.31. The number of esters is 6. The Morgan fingerprint density at radius 2 is 0.694 bits per heavy atom. The van der Waals surface area contributed by atoms with Gasteiger partial charge < -0.3 is 37.9 Å². The van der Waals surface area contributed by atoms with Gasteiger partial charge in [-0.1, -0.05) is 0 Å². The Hall–Kier alpha value is -3.78. The number of ether oxygens (including phenoxy) is 8. The molecule has 0 spiro atoms. The average molecular weight is 510 g/mol. The molecule has 4 aliphatic heterocycles. The molecule has 4 rings (SSSR count). The molecular weight excluding hydrogens is 488 g/mol. The average Bonchev–Trinajstić information content (AvgIpc) is 3.64. The van der Waals surface area contributed by atoms with Crippen LogP contribution in [0.4, 0.5) is 0 Å². The van der Waals surface area contributed by atoms with Crippen molar-refractivity contribution in [3.63, 3.8) is 0 Å². The van der Waals surface area contributed by atoms with Crippen molar-refractivity contribution in [2.45, 2.75) is 24.4 Å². The van der Waals surface area contributed by atoms with E-state index in [1.807, 2.05) is 0 Å². The molecule has 2 saturated heterocycles. The summed E-state index contributed by atoms with van der Waals surface area (Å²) in [6.45, 7) is 0. The summed E-state index contributed by atoms with van der Waals surface area (Å²) in [5.41, 5.74) is -6.35. The zero-order valence-electron chi connectivity index (χ0n) is 20.0. The number of rotatable bonds is 6. The molecule has 194 valence electrons. The Balaban J connectivity index is 2.17. The smallest absolute Gasteiger partial charge is 0.337 e. The van der Waals surface area contributed by atoms with E-state index in [1.165, 1.54) is 0 Å². The lowest BCUT2D eigenvalue weighted by Gasteiger charge is -2.46. The van der Waals surface area contributed by atoms with Crippen LogP contribution in [0.2, 0.25) is 0 Å². The van der Waals surface area contributed by atoms with E-state index in [4.69, 9.17) is 37.9 Å². The van der Waals surface area contributed by atoms with E-state index in [0.717, 1.165) is 42.7 Å². The third-order valence-electron chi connectivity index (χ3n) is 7.18. The fourth-order valence-electron chi connectivity index (χ4n) is 6.00. The van der Waals surface area contributed by atoms with E-state index >= 15 is 0 Å². The van der Waals surface area contributed by atoms with Crippen molar-refractivity contribution < 1.29 is 66.7 Å². The van der Waals surface area contributed by atoms with Crippen LogP contribution in [0, 0.1) is 10.8 Å². The van der Waals surface area contributed by atoms with Gasteiger partial charge in [0.15, 0.2) is 10.8 Å². The van der Waals surface area contributed by atoms with Gasteiger partial charge in [0.2, 0.25) is 0 Å². The zero-order valence-corrected chi connectivity index (χ0v) is 20.0. The highest BCUT2D eigenvalue weighted by Gasteiger charge is 2.92. The number of fused-ring (bicyclic) bond motifs is 9. The molecule has 2 fully saturated rings. The highest BCUT2D eigenvalue weighted by Crippen LogP contribution is 2.74. The molecular formula is C22H22O14. The highest BCUT2D eigenvalue weighted by molar-refractivity contribution is 6.12. The second kappa shape index (κ2) is 8.41. The Morgan fingerprint density at radius 3 is 0.861 bits per heavy atom. The fraction of sp³-hybridized carbons (Fsp3) is 0.545. The fourth-order valence-corrected chi connectivity index (χ4v) is 6.00. The van der Waals surface area contributed by atoms with Crippen LogP contribution in [0.25, 0.3) is 0 Å². The van der Waals surface area contributed by atoms with Crippen LogP contribution in [0.3, 0.4) is 0 Å². The molecule has 4 heterocycles. The van der Waals surface area contributed by atoms with Gasteiger partial charge in [-0.15, -0.1) is 0 Å². The standard InChI is InChI=1S/C22H22O14/c1-29-15(23)7-8(16(24)30-2)12-22(20(28)34-6)14-10(18(26)32-4)9(17(25)31-3)13(36-14)21(22,11(7)35-12)19(27)33-5/h11-14H,1-6H3/t11-,12+,13-,14+,21?,22?. The molecule has 14 nitrogen and oxygen atoms in total. The molecule has 36 heavy (non-hydrogen) atoms. The maximum absolute atomic E-state index is 13.7. The first-order valence-corrected chi connectivity index (χ1v) is 10.4. The van der Waals surface area contributed by atoms with Crippen LogP contribution < -0.4 is 0 Å². The lowest BCUT2D eigenvalue weighted by Crippen LogP contribution is -2.67. The molecule has 0 amide bonds. The maximum Gasteiger partial charge on any atom is 0.337 e. The van der Waals surface area contributed by atoms with Gasteiger partial charge in [0.05, 0.1) is 65.0 Å². The Morgan fingerprint density at radius 1 is 0.472 bits per heavy atom. The van der Waals surface area contributed by atoms with Crippen LogP contribution in [0.5, 0.6) is 0 Å². The minimum Gasteiger partial charge on any atom is -0.468 e. The van der Waals surface area contributed by atoms with E-state index < -0.39 is 93.4 Å². The molecule has 0 unspecified atom stereocenters. The molecule has 0 N–H and O–H groups in total. The van der Waals surface area contributed by atoms with Crippen LogP contribution in [-0.4, -0.2) is 103 Å². The van der Waals surface area contributed by atoms with Crippen molar-refractivity contribution in [3.05, 3.63) is 22.3 Å². The Kier molecular flexibility index (Phi) is 5.92. The summed E-state index contributed by atoms with van der Waals surface area (Å²) in [6.07, 6.45) is -6.82. The van der Waals surface area contributed by atoms with Gasteiger partial charge in [-0.05, 0) is 0 Å². The van der Waals surface area contributed by atoms with Gasteiger partial charge >= 0.3 is 35.8 Å². The van der Waals surface area contributed by atoms with Crippen LogP contribution in [0.15, 0.2) is 22.3 Å². The summed E-state index contributed by atoms with van der Waals surface area (Å²) in [7, 11) is 6.12. The molecule has 0 saturated carbocycles. The molecule has 14 heteroatoms. The van der Waals surface area contributed by atoms with E-state index in [2.05, 4.69) is 0 Å². The minimum absolute atomic E-state index is 0.431. The normalized spacial score (nSPS) is 33.2. The van der Waals surface area contributed by atoms with Gasteiger partial charge in [-0.25, -0.2) is 19.2 Å². The van der Waals surface area contributed by atoms with Crippen molar-refractivity contribution in [2.75, 3.05) is 42.7 Å². The monoisotopic (exact) mass is 510 g/mol. The molecule has 0 aromatic heterocycles. The van der Waals surface area contributed by atoms with E-state index in [-0.39, 0.29) is 0 Å². The summed E-state index contributed by atoms with van der Waals surface area (Å²) in [5, 5.41) is 0. The number of carbonyl (C=O) groups is 6. The van der Waals surface area contributed by atoms with Gasteiger partial charge in [-0.3, -0.25) is 9.59 Å². The van der Waals surface area contributed by atoms with Crippen molar-refractivity contribution >= 4 is 35.8 Å². The molecule has 4 bridgehead atoms. The Labute approximate surface area is 203 Å². The summed E-state index contributed by atoms with van der Waals surface area (Å²) >= 11 is 0. The van der Waals surface area contributed by atoms with Gasteiger partial charge in [-0.2, -0.15) is 0 Å². The summed E-state index contributed by atoms with van der Waals surface area (Å²) in [4.78, 5) is 78.8. The predicted molar refractivity (Wildman–Crippen MR) is 108 cm³/mol. The van der Waals surface area contributed by atoms with E-state index in [0.29, 0.717) is 0 Å². The van der Waals surface area contributed by atoms with Crippen LogP contribution in [-0.2, 0) is 66.7 Å². The molecule has 0 aromatic rings. The zero-order chi connectivity index (χ0) is 26.7. The largest absolute Gasteiger partial charge is 0.468 e. The van der Waals surface area contributed by atoms with Gasteiger partial charge in [0, 0.05) is 0 Å². The second-order valence-corrected chi connectivity index (χ2v) is 8.13. The number of hydrogen-bond acceptors (Lipinski definition) is 14. The van der Waals surface area contributed by atoms with Crippen molar-refractivity contribution in [2.24, 2.45) is 10.8 Å². The lowest BCUT2D eigenvalue weighted by molar-refractivity contribution is -0.176. The van der Waals surface area contributed by atoms with Gasteiger partial charge in [0.1, 0.15) is 24.4 Å². The third kappa shape index (κ3) is 2.52. The number of carbonyl (C=O) groups excluding carboxylic acids is 6. The van der Waals surface area contributed by atoms with Crippen molar-refractivity contribution in [1.29, 1.82) is 0 Å². The highest BCUT2D eigenvalue weighted by atomic mass is 16.6. The van der Waals surface area contributed by atoms with Crippen LogP contribution in [0.1, 0.15) is 0 Å². The first-order valence-electron chi connectivity index (χ1n) is 10.4. The first-order chi connectivity index (χ1) is 17.1. The van der Waals surface area contributed by atoms with E-state index in [1.54, 1.807) is 0 Å². The van der Waals surface area contributed by atoms with Gasteiger partial charge in [0.25, 0.3) is 0 Å². The number of methoxy groups -OCH3 is 6. The molecule has 4 aliphatic rings. The predicted octanol–water partition coefficient (Wildman–Crippen LogP) is -1.85. The quantitative estimate of drug-likeness (QED) is 0.287. The first kappa shape index (κ1) is 25.3. The second-order valence-electron chi connectivity index (χ2n) is 8.13. The molecule has 0 aromatic carbocycles. The van der Waals surface area contributed by atoms with E-state index in [9.17, 15) is 28.8 Å². The Bertz CT molecular complexity index is 1010. The summed E-state index contributed by atoms with van der Waals surface area (Å²) in [6, 6.07) is 0. The molecule has 0 radical (unpaired) electrons. The maximum atomic E-state index is 13.7. The molecule has 0 aliphatic carbocycles. The topological polar surface area (TPSA) is 176 Å². The summed E-state index contributed by atoms with van der Waals surface area (Å²) < 4.78 is 41.3.